The van der Waals surface area contributed by atoms with Crippen LogP contribution < -0.4 is 5.32 Å². The highest BCUT2D eigenvalue weighted by Crippen LogP contribution is 2.32. The molecule has 2 bridgehead atoms. The number of aromatic nitrogens is 1. The van der Waals surface area contributed by atoms with Crippen LogP contribution in [0.2, 0.25) is 0 Å². The number of nitrogens with one attached hydrogen (secondary N) is 1. The van der Waals surface area contributed by atoms with Crippen LogP contribution in [0.1, 0.15) is 30.3 Å². The first-order valence-electron chi connectivity index (χ1n) is 8.39. The largest absolute Gasteiger partial charge is 0.449 e. The molecule has 6 heteroatoms. The SMILES string of the molecule is C[C@H]1[C@H](NC(=O)c2ccc(-c3ncccc3F)o2)C2CCN1CC2. The van der Waals surface area contributed by atoms with Crippen molar-refractivity contribution >= 4 is 5.91 Å². The molecule has 3 fully saturated rings. The molecule has 126 valence electrons. The molecule has 5 nitrogen and oxygen atoms in total. The van der Waals surface area contributed by atoms with Crippen molar-refractivity contribution in [3.63, 3.8) is 0 Å². The monoisotopic (exact) mass is 329 g/mol. The molecule has 24 heavy (non-hydrogen) atoms. The van der Waals surface area contributed by atoms with Crippen molar-refractivity contribution in [1.29, 1.82) is 0 Å². The Hall–Kier alpha value is -2.21. The molecule has 5 heterocycles. The second kappa shape index (κ2) is 6.02. The molecule has 0 aliphatic carbocycles. The van der Waals surface area contributed by atoms with Gasteiger partial charge in [-0.1, -0.05) is 0 Å². The Morgan fingerprint density at radius 3 is 2.83 bits per heavy atom. The second-order valence-electron chi connectivity index (χ2n) is 6.61. The van der Waals surface area contributed by atoms with Gasteiger partial charge in [0.05, 0.1) is 0 Å². The third kappa shape index (κ3) is 2.60. The molecule has 0 spiro atoms. The molecule has 5 rings (SSSR count). The van der Waals surface area contributed by atoms with Crippen molar-refractivity contribution in [3.05, 3.63) is 42.0 Å². The lowest BCUT2D eigenvalue weighted by Gasteiger charge is -2.49. The first kappa shape index (κ1) is 15.3. The number of amides is 1. The van der Waals surface area contributed by atoms with Gasteiger partial charge in [0.1, 0.15) is 5.69 Å². The van der Waals surface area contributed by atoms with Crippen molar-refractivity contribution in [1.82, 2.24) is 15.2 Å². The molecular formula is C18H20FN3O2. The van der Waals surface area contributed by atoms with E-state index in [0.29, 0.717) is 12.0 Å². The molecule has 1 amide bonds. The third-order valence-corrected chi connectivity index (χ3v) is 5.30. The molecule has 0 radical (unpaired) electrons. The minimum absolute atomic E-state index is 0.118. The Kier molecular flexibility index (Phi) is 3.84. The van der Waals surface area contributed by atoms with Crippen LogP contribution in [0.25, 0.3) is 11.5 Å². The number of pyridine rings is 1. The lowest BCUT2D eigenvalue weighted by molar-refractivity contribution is 0.0211. The van der Waals surface area contributed by atoms with Gasteiger partial charge in [0, 0.05) is 18.3 Å². The van der Waals surface area contributed by atoms with Crippen molar-refractivity contribution in [3.8, 4) is 11.5 Å². The first-order chi connectivity index (χ1) is 11.6. The summed E-state index contributed by atoms with van der Waals surface area (Å²) in [4.78, 5) is 18.9. The smallest absolute Gasteiger partial charge is 0.287 e. The predicted molar refractivity (Wildman–Crippen MR) is 86.9 cm³/mol. The maximum atomic E-state index is 13.8. The van der Waals surface area contributed by atoms with Crippen LogP contribution in [0.4, 0.5) is 4.39 Å². The standard InChI is InChI=1S/C18H20FN3O2/c1-11-16(12-6-9-22(11)10-7-12)21-18(23)15-5-4-14(24-15)17-13(19)3-2-8-20-17/h2-5,8,11-12,16H,6-7,9-10H2,1H3,(H,21,23)/t11-,16-/m0/s1. The number of fused-ring (bicyclic) bond motifs is 3. The fourth-order valence-corrected chi connectivity index (χ4v) is 3.92. The number of carbonyl (C=O) groups is 1. The van der Waals surface area contributed by atoms with Crippen LogP contribution in [0.3, 0.4) is 0 Å². The number of halogens is 1. The van der Waals surface area contributed by atoms with Gasteiger partial charge in [-0.25, -0.2) is 9.37 Å². The van der Waals surface area contributed by atoms with Gasteiger partial charge in [-0.2, -0.15) is 0 Å². The molecular weight excluding hydrogens is 309 g/mol. The lowest BCUT2D eigenvalue weighted by atomic mass is 9.79. The predicted octanol–water partition coefficient (Wildman–Crippen LogP) is 2.69. The number of hydrogen-bond acceptors (Lipinski definition) is 4. The maximum absolute atomic E-state index is 13.8. The van der Waals surface area contributed by atoms with E-state index in [0.717, 1.165) is 25.9 Å². The highest BCUT2D eigenvalue weighted by molar-refractivity contribution is 5.92. The Bertz CT molecular complexity index is 750. The summed E-state index contributed by atoms with van der Waals surface area (Å²) >= 11 is 0. The van der Waals surface area contributed by atoms with Gasteiger partial charge >= 0.3 is 0 Å². The van der Waals surface area contributed by atoms with E-state index in [1.54, 1.807) is 12.1 Å². The number of carbonyl (C=O) groups excluding carboxylic acids is 1. The van der Waals surface area contributed by atoms with E-state index in [1.807, 2.05) is 0 Å². The summed E-state index contributed by atoms with van der Waals surface area (Å²) in [6, 6.07) is 6.47. The number of nitrogens with zero attached hydrogens (tertiary/aromatic N) is 2. The van der Waals surface area contributed by atoms with Crippen LogP contribution in [-0.4, -0.2) is 41.0 Å². The minimum Gasteiger partial charge on any atom is -0.449 e. The summed E-state index contributed by atoms with van der Waals surface area (Å²) in [6.07, 6.45) is 3.74. The van der Waals surface area contributed by atoms with E-state index >= 15 is 0 Å². The highest BCUT2D eigenvalue weighted by atomic mass is 19.1. The van der Waals surface area contributed by atoms with Gasteiger partial charge in [-0.15, -0.1) is 0 Å². The van der Waals surface area contributed by atoms with Crippen LogP contribution in [0.15, 0.2) is 34.9 Å². The zero-order valence-corrected chi connectivity index (χ0v) is 13.5. The van der Waals surface area contributed by atoms with E-state index < -0.39 is 5.82 Å². The topological polar surface area (TPSA) is 58.4 Å². The van der Waals surface area contributed by atoms with Crippen molar-refractivity contribution < 1.29 is 13.6 Å². The molecule has 0 unspecified atom stereocenters. The number of rotatable bonds is 3. The lowest BCUT2D eigenvalue weighted by Crippen LogP contribution is -2.62. The van der Waals surface area contributed by atoms with Gasteiger partial charge < -0.3 is 9.73 Å². The Balaban J connectivity index is 1.51. The fourth-order valence-electron chi connectivity index (χ4n) is 3.92. The van der Waals surface area contributed by atoms with E-state index in [9.17, 15) is 9.18 Å². The Morgan fingerprint density at radius 2 is 2.12 bits per heavy atom. The van der Waals surface area contributed by atoms with Crippen molar-refractivity contribution in [2.75, 3.05) is 13.1 Å². The van der Waals surface area contributed by atoms with Gasteiger partial charge in [0.2, 0.25) is 0 Å². The Morgan fingerprint density at radius 1 is 1.33 bits per heavy atom. The molecule has 3 saturated heterocycles. The number of piperidine rings is 3. The molecule has 0 saturated carbocycles. The number of furan rings is 1. The molecule has 2 atom stereocenters. The Labute approximate surface area is 139 Å². The number of hydrogen-bond donors (Lipinski definition) is 1. The van der Waals surface area contributed by atoms with E-state index in [-0.39, 0.29) is 29.2 Å². The first-order valence-corrected chi connectivity index (χ1v) is 8.39. The zero-order chi connectivity index (χ0) is 16.7. The molecule has 2 aromatic rings. The van der Waals surface area contributed by atoms with E-state index in [1.165, 1.54) is 18.3 Å². The highest BCUT2D eigenvalue weighted by Gasteiger charge is 2.40. The molecule has 3 aliphatic heterocycles. The maximum Gasteiger partial charge on any atom is 0.287 e. The average Bonchev–Trinajstić information content (AvgIpc) is 3.09. The van der Waals surface area contributed by atoms with Gasteiger partial charge in [-0.05, 0) is 63.0 Å². The third-order valence-electron chi connectivity index (χ3n) is 5.30. The van der Waals surface area contributed by atoms with Crippen LogP contribution in [0.5, 0.6) is 0 Å². The summed E-state index contributed by atoms with van der Waals surface area (Å²) in [5.41, 5.74) is 0.118. The summed E-state index contributed by atoms with van der Waals surface area (Å²) in [6.45, 7) is 4.39. The van der Waals surface area contributed by atoms with E-state index in [4.69, 9.17) is 4.42 Å². The summed E-state index contributed by atoms with van der Waals surface area (Å²) < 4.78 is 19.3. The molecule has 2 aromatic heterocycles. The van der Waals surface area contributed by atoms with Crippen LogP contribution in [0, 0.1) is 11.7 Å². The summed E-state index contributed by atoms with van der Waals surface area (Å²) in [7, 11) is 0. The van der Waals surface area contributed by atoms with Crippen LogP contribution in [-0.2, 0) is 0 Å². The average molecular weight is 329 g/mol. The minimum atomic E-state index is -0.468. The second-order valence-corrected chi connectivity index (χ2v) is 6.61. The molecule has 0 aromatic carbocycles. The van der Waals surface area contributed by atoms with Crippen molar-refractivity contribution in [2.24, 2.45) is 5.92 Å². The van der Waals surface area contributed by atoms with Gasteiger partial charge in [0.15, 0.2) is 17.3 Å². The van der Waals surface area contributed by atoms with Gasteiger partial charge in [-0.3, -0.25) is 9.69 Å². The normalized spacial score (nSPS) is 28.8. The van der Waals surface area contributed by atoms with Gasteiger partial charge in [0.25, 0.3) is 5.91 Å². The zero-order valence-electron chi connectivity index (χ0n) is 13.5. The fraction of sp³-hybridized carbons (Fsp3) is 0.444. The van der Waals surface area contributed by atoms with Crippen molar-refractivity contribution in [2.45, 2.75) is 31.8 Å². The van der Waals surface area contributed by atoms with Crippen LogP contribution >= 0.6 is 0 Å². The van der Waals surface area contributed by atoms with E-state index in [2.05, 4.69) is 22.1 Å². The quantitative estimate of drug-likeness (QED) is 0.941. The summed E-state index contributed by atoms with van der Waals surface area (Å²) in [5, 5.41) is 3.11. The summed E-state index contributed by atoms with van der Waals surface area (Å²) in [5.74, 6) is 0.267. The molecule has 3 aliphatic rings. The molecule has 1 N–H and O–H groups in total.